The van der Waals surface area contributed by atoms with Crippen molar-refractivity contribution < 1.29 is 9.32 Å². The van der Waals surface area contributed by atoms with E-state index < -0.39 is 0 Å². The molecule has 5 heteroatoms. The highest BCUT2D eigenvalue weighted by atomic mass is 16.5. The number of hydrogen-bond donors (Lipinski definition) is 2. The highest BCUT2D eigenvalue weighted by Gasteiger charge is 2.08. The van der Waals surface area contributed by atoms with Gasteiger partial charge in [0.1, 0.15) is 5.76 Å². The summed E-state index contributed by atoms with van der Waals surface area (Å²) in [6, 6.07) is 1.58. The van der Waals surface area contributed by atoms with Crippen LogP contribution in [0.25, 0.3) is 0 Å². The quantitative estimate of drug-likeness (QED) is 0.636. The molecule has 12 heavy (non-hydrogen) atoms. The van der Waals surface area contributed by atoms with Crippen molar-refractivity contribution in [2.24, 2.45) is 0 Å². The smallest absolute Gasteiger partial charge is 0.287 e. The molecule has 0 saturated carbocycles. The number of amides is 1. The highest BCUT2D eigenvalue weighted by Crippen LogP contribution is 1.99. The molecule has 2 N–H and O–H groups in total. The van der Waals surface area contributed by atoms with Crippen LogP contribution in [0.15, 0.2) is 10.6 Å². The predicted octanol–water partition coefficient (Wildman–Crippen LogP) is 0.237. The molecule has 66 valence electrons. The number of carbonyl (C=O) groups excluding carboxylic acids is 1. The van der Waals surface area contributed by atoms with Gasteiger partial charge < -0.3 is 4.52 Å². The molecule has 5 nitrogen and oxygen atoms in total. The molecule has 1 aromatic heterocycles. The van der Waals surface area contributed by atoms with Crippen LogP contribution in [0.1, 0.15) is 23.2 Å². The Hall–Kier alpha value is -1.36. The standard InChI is InChI=1S/C7H11N3O2/c1-3-8-9-7(11)6-4-5(2)12-10-6/h4,8H,3H2,1-2H3,(H,9,11). The lowest BCUT2D eigenvalue weighted by atomic mass is 10.4. The maximum absolute atomic E-state index is 11.1. The third-order valence-electron chi connectivity index (χ3n) is 1.24. The minimum Gasteiger partial charge on any atom is -0.361 e. The second-order valence-corrected chi connectivity index (χ2v) is 2.31. The Balaban J connectivity index is 2.53. The summed E-state index contributed by atoms with van der Waals surface area (Å²) in [6.45, 7) is 4.29. The molecule has 0 fully saturated rings. The predicted molar refractivity (Wildman–Crippen MR) is 42.4 cm³/mol. The van der Waals surface area contributed by atoms with Gasteiger partial charge in [0.2, 0.25) is 0 Å². The molecule has 1 rings (SSSR count). The first-order valence-corrected chi connectivity index (χ1v) is 3.70. The van der Waals surface area contributed by atoms with Gasteiger partial charge in [-0.05, 0) is 6.92 Å². The van der Waals surface area contributed by atoms with Crippen LogP contribution in [0.3, 0.4) is 0 Å². The fourth-order valence-electron chi connectivity index (χ4n) is 0.706. The number of rotatable bonds is 3. The molecular weight excluding hydrogens is 158 g/mol. The summed E-state index contributed by atoms with van der Waals surface area (Å²) in [7, 11) is 0. The maximum atomic E-state index is 11.1. The highest BCUT2D eigenvalue weighted by molar-refractivity contribution is 5.91. The van der Waals surface area contributed by atoms with E-state index in [1.54, 1.807) is 13.0 Å². The first-order chi connectivity index (χ1) is 5.74. The Morgan fingerprint density at radius 2 is 2.50 bits per heavy atom. The van der Waals surface area contributed by atoms with Gasteiger partial charge in [-0.2, -0.15) is 0 Å². The lowest BCUT2D eigenvalue weighted by Crippen LogP contribution is -2.37. The van der Waals surface area contributed by atoms with E-state index in [-0.39, 0.29) is 11.6 Å². The Kier molecular flexibility index (Phi) is 2.82. The number of carbonyl (C=O) groups is 1. The zero-order valence-corrected chi connectivity index (χ0v) is 7.05. The Morgan fingerprint density at radius 1 is 1.75 bits per heavy atom. The van der Waals surface area contributed by atoms with Gasteiger partial charge in [-0.1, -0.05) is 12.1 Å². The Morgan fingerprint density at radius 3 is 3.00 bits per heavy atom. The van der Waals surface area contributed by atoms with Crippen molar-refractivity contribution in [3.8, 4) is 0 Å². The van der Waals surface area contributed by atoms with E-state index >= 15 is 0 Å². The molecule has 0 aliphatic carbocycles. The maximum Gasteiger partial charge on any atom is 0.287 e. The topological polar surface area (TPSA) is 67.2 Å². The van der Waals surface area contributed by atoms with Crippen LogP contribution in [0.4, 0.5) is 0 Å². The van der Waals surface area contributed by atoms with E-state index in [1.165, 1.54) is 0 Å². The van der Waals surface area contributed by atoms with Crippen molar-refractivity contribution in [1.29, 1.82) is 0 Å². The van der Waals surface area contributed by atoms with Gasteiger partial charge in [-0.15, -0.1) is 0 Å². The second-order valence-electron chi connectivity index (χ2n) is 2.31. The number of nitrogens with zero attached hydrogens (tertiary/aromatic N) is 1. The van der Waals surface area contributed by atoms with Gasteiger partial charge in [-0.25, -0.2) is 5.43 Å². The SMILES string of the molecule is CCNNC(=O)c1cc(C)on1. The lowest BCUT2D eigenvalue weighted by molar-refractivity contribution is 0.0925. The lowest BCUT2D eigenvalue weighted by Gasteiger charge is -1.99. The van der Waals surface area contributed by atoms with Crippen LogP contribution in [0.2, 0.25) is 0 Å². The molecule has 0 bridgehead atoms. The fourth-order valence-corrected chi connectivity index (χ4v) is 0.706. The average molecular weight is 169 g/mol. The molecule has 0 saturated heterocycles. The molecule has 1 heterocycles. The number of hydrogen-bond acceptors (Lipinski definition) is 4. The second kappa shape index (κ2) is 3.87. The van der Waals surface area contributed by atoms with Gasteiger partial charge in [0.05, 0.1) is 0 Å². The van der Waals surface area contributed by atoms with Gasteiger partial charge in [-0.3, -0.25) is 10.2 Å². The van der Waals surface area contributed by atoms with Gasteiger partial charge in [0.25, 0.3) is 5.91 Å². The molecule has 1 aromatic rings. The summed E-state index contributed by atoms with van der Waals surface area (Å²) < 4.78 is 4.73. The molecule has 0 aliphatic heterocycles. The molecule has 0 unspecified atom stereocenters. The Labute approximate surface area is 70.1 Å². The van der Waals surface area contributed by atoms with Crippen molar-refractivity contribution in [2.75, 3.05) is 6.54 Å². The molecule has 0 spiro atoms. The first-order valence-electron chi connectivity index (χ1n) is 3.70. The van der Waals surface area contributed by atoms with Gasteiger partial charge >= 0.3 is 0 Å². The van der Waals surface area contributed by atoms with E-state index in [4.69, 9.17) is 4.52 Å². The average Bonchev–Trinajstić information content (AvgIpc) is 2.47. The number of aromatic nitrogens is 1. The minimum atomic E-state index is -0.284. The van der Waals surface area contributed by atoms with E-state index in [0.29, 0.717) is 12.3 Å². The molecule has 0 radical (unpaired) electrons. The monoisotopic (exact) mass is 169 g/mol. The third kappa shape index (κ3) is 2.06. The molecule has 0 aliphatic rings. The van der Waals surface area contributed by atoms with E-state index in [2.05, 4.69) is 16.0 Å². The Bertz CT molecular complexity index is 269. The first kappa shape index (κ1) is 8.73. The molecular formula is C7H11N3O2. The summed E-state index contributed by atoms with van der Waals surface area (Å²) in [6.07, 6.45) is 0. The number of hydrazine groups is 1. The van der Waals surface area contributed by atoms with Crippen LogP contribution in [0.5, 0.6) is 0 Å². The van der Waals surface area contributed by atoms with Gasteiger partial charge in [0.15, 0.2) is 5.69 Å². The molecule has 0 atom stereocenters. The fraction of sp³-hybridized carbons (Fsp3) is 0.429. The van der Waals surface area contributed by atoms with Crippen molar-refractivity contribution in [1.82, 2.24) is 16.0 Å². The van der Waals surface area contributed by atoms with Crippen LogP contribution >= 0.6 is 0 Å². The molecule has 0 aromatic carbocycles. The van der Waals surface area contributed by atoms with E-state index in [9.17, 15) is 4.79 Å². The minimum absolute atomic E-state index is 0.284. The van der Waals surface area contributed by atoms with Crippen molar-refractivity contribution in [2.45, 2.75) is 13.8 Å². The van der Waals surface area contributed by atoms with Crippen molar-refractivity contribution in [3.05, 3.63) is 17.5 Å². The zero-order chi connectivity index (χ0) is 8.97. The van der Waals surface area contributed by atoms with Crippen LogP contribution in [-0.4, -0.2) is 17.6 Å². The number of nitrogens with one attached hydrogen (secondary N) is 2. The third-order valence-corrected chi connectivity index (χ3v) is 1.24. The van der Waals surface area contributed by atoms with E-state index in [1.807, 2.05) is 6.92 Å². The zero-order valence-electron chi connectivity index (χ0n) is 7.05. The van der Waals surface area contributed by atoms with E-state index in [0.717, 1.165) is 0 Å². The summed E-state index contributed by atoms with van der Waals surface area (Å²) in [5.74, 6) is 0.338. The van der Waals surface area contributed by atoms with Crippen molar-refractivity contribution in [3.63, 3.8) is 0 Å². The van der Waals surface area contributed by atoms with Gasteiger partial charge in [0, 0.05) is 12.6 Å². The summed E-state index contributed by atoms with van der Waals surface area (Å²) in [5.41, 5.74) is 5.41. The van der Waals surface area contributed by atoms with Crippen LogP contribution in [0, 0.1) is 6.92 Å². The van der Waals surface area contributed by atoms with Crippen molar-refractivity contribution >= 4 is 5.91 Å². The normalized spacial score (nSPS) is 9.83. The summed E-state index contributed by atoms with van der Waals surface area (Å²) in [4.78, 5) is 11.1. The van der Waals surface area contributed by atoms with Crippen LogP contribution < -0.4 is 10.9 Å². The number of aryl methyl sites for hydroxylation is 1. The summed E-state index contributed by atoms with van der Waals surface area (Å²) >= 11 is 0. The van der Waals surface area contributed by atoms with Crippen LogP contribution in [-0.2, 0) is 0 Å². The largest absolute Gasteiger partial charge is 0.361 e. The summed E-state index contributed by atoms with van der Waals surface area (Å²) in [5, 5.41) is 3.54. The molecule has 1 amide bonds.